The lowest BCUT2D eigenvalue weighted by molar-refractivity contribution is -0.385. The molecule has 1 aromatic carbocycles. The molecule has 0 aliphatic carbocycles. The van der Waals surface area contributed by atoms with Crippen LogP contribution in [-0.2, 0) is 4.74 Å². The lowest BCUT2D eigenvalue weighted by Gasteiger charge is -2.17. The number of methoxy groups -OCH3 is 1. The van der Waals surface area contributed by atoms with Crippen molar-refractivity contribution in [2.45, 2.75) is 26.8 Å². The van der Waals surface area contributed by atoms with Crippen LogP contribution in [0.1, 0.15) is 34.7 Å². The lowest BCUT2D eigenvalue weighted by Crippen LogP contribution is -2.16. The molecular formula is C18H21FN2O5. The quantitative estimate of drug-likeness (QED) is 0.406. The van der Waals surface area contributed by atoms with Gasteiger partial charge < -0.3 is 14.0 Å². The van der Waals surface area contributed by atoms with Crippen LogP contribution >= 0.6 is 0 Å². The van der Waals surface area contributed by atoms with Gasteiger partial charge in [0.25, 0.3) is 0 Å². The zero-order valence-electron chi connectivity index (χ0n) is 15.1. The molecule has 0 bridgehead atoms. The summed E-state index contributed by atoms with van der Waals surface area (Å²) in [6.45, 7) is 5.75. The molecule has 0 saturated carbocycles. The highest BCUT2D eigenvalue weighted by molar-refractivity contribution is 5.98. The van der Waals surface area contributed by atoms with Crippen LogP contribution in [0.25, 0.3) is 0 Å². The summed E-state index contributed by atoms with van der Waals surface area (Å²) in [5.41, 5.74) is 1.73. The number of aromatic nitrogens is 1. The number of rotatable bonds is 8. The van der Waals surface area contributed by atoms with E-state index in [9.17, 15) is 19.3 Å². The first kappa shape index (κ1) is 19.6. The van der Waals surface area contributed by atoms with Crippen molar-refractivity contribution >= 4 is 11.5 Å². The molecule has 0 saturated heterocycles. The van der Waals surface area contributed by atoms with Gasteiger partial charge in [0.05, 0.1) is 17.6 Å². The Balaban J connectivity index is 2.21. The molecule has 0 N–H and O–H groups in total. The van der Waals surface area contributed by atoms with Crippen LogP contribution in [0.4, 0.5) is 10.1 Å². The lowest BCUT2D eigenvalue weighted by atomic mass is 10.1. The summed E-state index contributed by atoms with van der Waals surface area (Å²) in [5.74, 6) is -1.29. The third-order valence-electron chi connectivity index (χ3n) is 4.11. The summed E-state index contributed by atoms with van der Waals surface area (Å²) in [6.07, 6.45) is 0. The molecule has 0 aliphatic heterocycles. The second-order valence-corrected chi connectivity index (χ2v) is 6.04. The summed E-state index contributed by atoms with van der Waals surface area (Å²) in [7, 11) is 1.61. The normalized spacial score (nSPS) is 12.0. The van der Waals surface area contributed by atoms with Crippen molar-refractivity contribution in [2.24, 2.45) is 0 Å². The molecule has 140 valence electrons. The Hall–Kier alpha value is -2.74. The second-order valence-electron chi connectivity index (χ2n) is 6.04. The number of hydrogen-bond acceptors (Lipinski definition) is 5. The standard InChI is InChI=1S/C18H21FN2O5/c1-11-7-15(13(3)20(11)12(2)9-25-4)17(22)10-26-18-8-14(19)5-6-16(18)21(23)24/h5-8,12H,9-10H2,1-4H3. The van der Waals surface area contributed by atoms with Crippen LogP contribution in [0, 0.1) is 29.8 Å². The number of aryl methyl sites for hydroxylation is 1. The van der Waals surface area contributed by atoms with Crippen molar-refractivity contribution in [2.75, 3.05) is 20.3 Å². The van der Waals surface area contributed by atoms with E-state index in [1.54, 1.807) is 13.2 Å². The summed E-state index contributed by atoms with van der Waals surface area (Å²) in [4.78, 5) is 22.8. The van der Waals surface area contributed by atoms with Crippen LogP contribution < -0.4 is 4.74 Å². The van der Waals surface area contributed by atoms with E-state index in [1.807, 2.05) is 25.3 Å². The van der Waals surface area contributed by atoms with E-state index in [4.69, 9.17) is 9.47 Å². The van der Waals surface area contributed by atoms with E-state index >= 15 is 0 Å². The van der Waals surface area contributed by atoms with Gasteiger partial charge in [0, 0.05) is 36.2 Å². The largest absolute Gasteiger partial charge is 0.478 e. The van der Waals surface area contributed by atoms with Gasteiger partial charge in [-0.05, 0) is 32.9 Å². The predicted octanol–water partition coefficient (Wildman–Crippen LogP) is 3.62. The predicted molar refractivity (Wildman–Crippen MR) is 93.4 cm³/mol. The van der Waals surface area contributed by atoms with Crippen molar-refractivity contribution in [3.63, 3.8) is 0 Å². The van der Waals surface area contributed by atoms with Gasteiger partial charge in [0.2, 0.25) is 5.78 Å². The number of halogens is 1. The number of Topliss-reactive ketones (excluding diaryl/α,β-unsaturated/α-hetero) is 1. The fraction of sp³-hybridized carbons (Fsp3) is 0.389. The molecule has 1 atom stereocenters. The fourth-order valence-corrected chi connectivity index (χ4v) is 3.03. The summed E-state index contributed by atoms with van der Waals surface area (Å²) in [6, 6.07) is 4.67. The molecule has 0 spiro atoms. The number of carbonyl (C=O) groups is 1. The van der Waals surface area contributed by atoms with Crippen LogP contribution in [0.5, 0.6) is 5.75 Å². The van der Waals surface area contributed by atoms with Crippen LogP contribution in [-0.4, -0.2) is 35.6 Å². The van der Waals surface area contributed by atoms with Crippen LogP contribution in [0.3, 0.4) is 0 Å². The second kappa shape index (κ2) is 8.09. The SMILES string of the molecule is COCC(C)n1c(C)cc(C(=O)COc2cc(F)ccc2[N+](=O)[O-])c1C. The number of ether oxygens (including phenoxy) is 2. The minimum atomic E-state index is -0.683. The maximum atomic E-state index is 13.3. The van der Waals surface area contributed by atoms with Gasteiger partial charge in [-0.3, -0.25) is 14.9 Å². The zero-order valence-corrected chi connectivity index (χ0v) is 15.1. The highest BCUT2D eigenvalue weighted by Gasteiger charge is 2.21. The number of nitrogens with zero attached hydrogens (tertiary/aromatic N) is 2. The molecule has 26 heavy (non-hydrogen) atoms. The summed E-state index contributed by atoms with van der Waals surface area (Å²) < 4.78 is 25.7. The van der Waals surface area contributed by atoms with E-state index in [2.05, 4.69) is 0 Å². The average Bonchev–Trinajstić information content (AvgIpc) is 2.87. The molecule has 8 heteroatoms. The first-order valence-corrected chi connectivity index (χ1v) is 8.03. The van der Waals surface area contributed by atoms with Gasteiger partial charge in [-0.2, -0.15) is 0 Å². The molecule has 0 aliphatic rings. The molecule has 2 rings (SSSR count). The number of nitro benzene ring substituents is 1. The number of nitro groups is 1. The first-order valence-electron chi connectivity index (χ1n) is 8.03. The Labute approximate surface area is 150 Å². The van der Waals surface area contributed by atoms with Crippen LogP contribution in [0.15, 0.2) is 24.3 Å². The van der Waals surface area contributed by atoms with Crippen molar-refractivity contribution < 1.29 is 23.6 Å². The van der Waals surface area contributed by atoms with Crippen molar-refractivity contribution in [1.82, 2.24) is 4.57 Å². The topological polar surface area (TPSA) is 83.6 Å². The Morgan fingerprint density at radius 1 is 1.35 bits per heavy atom. The van der Waals surface area contributed by atoms with Gasteiger partial charge in [-0.15, -0.1) is 0 Å². The van der Waals surface area contributed by atoms with Crippen molar-refractivity contribution in [3.05, 3.63) is 57.1 Å². The number of ketones is 1. The highest BCUT2D eigenvalue weighted by Crippen LogP contribution is 2.28. The van der Waals surface area contributed by atoms with Crippen molar-refractivity contribution in [1.29, 1.82) is 0 Å². The molecule has 0 amide bonds. The third-order valence-corrected chi connectivity index (χ3v) is 4.11. The average molecular weight is 364 g/mol. The molecule has 7 nitrogen and oxygen atoms in total. The molecule has 0 radical (unpaired) electrons. The molecule has 2 aromatic rings. The number of hydrogen-bond donors (Lipinski definition) is 0. The third kappa shape index (κ3) is 4.08. The Morgan fingerprint density at radius 2 is 2.04 bits per heavy atom. The number of carbonyl (C=O) groups excluding carboxylic acids is 1. The Morgan fingerprint density at radius 3 is 2.65 bits per heavy atom. The van der Waals surface area contributed by atoms with Gasteiger partial charge in [0.1, 0.15) is 5.82 Å². The monoisotopic (exact) mass is 364 g/mol. The molecule has 1 aromatic heterocycles. The van der Waals surface area contributed by atoms with Gasteiger partial charge >= 0.3 is 5.69 Å². The highest BCUT2D eigenvalue weighted by atomic mass is 19.1. The summed E-state index contributed by atoms with van der Waals surface area (Å²) >= 11 is 0. The van der Waals surface area contributed by atoms with E-state index in [0.29, 0.717) is 12.2 Å². The summed E-state index contributed by atoms with van der Waals surface area (Å²) in [5, 5.41) is 11.0. The maximum absolute atomic E-state index is 13.3. The fourth-order valence-electron chi connectivity index (χ4n) is 3.03. The molecule has 0 fully saturated rings. The molecule has 1 unspecified atom stereocenters. The first-order chi connectivity index (χ1) is 12.3. The van der Waals surface area contributed by atoms with Crippen molar-refractivity contribution in [3.8, 4) is 5.75 Å². The van der Waals surface area contributed by atoms with Gasteiger partial charge in [-0.1, -0.05) is 0 Å². The minimum Gasteiger partial charge on any atom is -0.478 e. The van der Waals surface area contributed by atoms with Gasteiger partial charge in [-0.25, -0.2) is 4.39 Å². The van der Waals surface area contributed by atoms with E-state index in [0.717, 1.165) is 29.6 Å². The smallest absolute Gasteiger partial charge is 0.311 e. The van der Waals surface area contributed by atoms with E-state index in [-0.39, 0.29) is 17.6 Å². The zero-order chi connectivity index (χ0) is 19.4. The van der Waals surface area contributed by atoms with Gasteiger partial charge in [0.15, 0.2) is 12.4 Å². The molecular weight excluding hydrogens is 343 g/mol. The Bertz CT molecular complexity index is 831. The van der Waals surface area contributed by atoms with E-state index in [1.165, 1.54) is 0 Å². The minimum absolute atomic E-state index is 0.0479. The molecule has 1 heterocycles. The maximum Gasteiger partial charge on any atom is 0.311 e. The van der Waals surface area contributed by atoms with Crippen LogP contribution in [0.2, 0.25) is 0 Å². The Kier molecular flexibility index (Phi) is 6.10. The number of benzene rings is 1. The van der Waals surface area contributed by atoms with E-state index < -0.39 is 23.0 Å².